The molecule has 11 heteroatoms. The summed E-state index contributed by atoms with van der Waals surface area (Å²) in [6.45, 7) is 8.56. The fourth-order valence-corrected chi connectivity index (χ4v) is 5.13. The van der Waals surface area contributed by atoms with Gasteiger partial charge in [-0.1, -0.05) is 0 Å². The fraction of sp³-hybridized carbons (Fsp3) is 0.565. The predicted octanol–water partition coefficient (Wildman–Crippen LogP) is 3.18. The predicted molar refractivity (Wildman–Crippen MR) is 133 cm³/mol. The van der Waals surface area contributed by atoms with Gasteiger partial charge in [0.25, 0.3) is 0 Å². The molecule has 0 saturated carbocycles. The minimum Gasteiger partial charge on any atom is -0.465 e. The average Bonchev–Trinajstić information content (AvgIpc) is 3.23. The SMILES string of the molecule is Cc1cnc(Nc2cc(CN3CCN(CCC#N)CC3)cc(NC3CCCN(C(=O)O)C3)n2)s1. The molecule has 2 fully saturated rings. The van der Waals surface area contributed by atoms with Gasteiger partial charge in [0, 0.05) is 75.9 Å². The Morgan fingerprint density at radius 1 is 1.24 bits per heavy atom. The number of rotatable bonds is 8. The number of nitriles is 1. The lowest BCUT2D eigenvalue weighted by Gasteiger charge is -2.34. The van der Waals surface area contributed by atoms with Crippen LogP contribution in [0.3, 0.4) is 0 Å². The van der Waals surface area contributed by atoms with Gasteiger partial charge < -0.3 is 20.6 Å². The minimum absolute atomic E-state index is 0.0336. The van der Waals surface area contributed by atoms with Crippen molar-refractivity contribution in [1.29, 1.82) is 5.26 Å². The van der Waals surface area contributed by atoms with E-state index in [1.54, 1.807) is 11.3 Å². The van der Waals surface area contributed by atoms with Gasteiger partial charge >= 0.3 is 6.09 Å². The highest BCUT2D eigenvalue weighted by atomic mass is 32.1. The molecule has 4 rings (SSSR count). The normalized spacial score (nSPS) is 19.5. The van der Waals surface area contributed by atoms with Crippen LogP contribution in [0.2, 0.25) is 0 Å². The second-order valence-electron chi connectivity index (χ2n) is 8.88. The molecule has 10 nitrogen and oxygen atoms in total. The highest BCUT2D eigenvalue weighted by molar-refractivity contribution is 7.15. The van der Waals surface area contributed by atoms with Gasteiger partial charge in [0.15, 0.2) is 5.13 Å². The largest absolute Gasteiger partial charge is 0.465 e. The smallest absolute Gasteiger partial charge is 0.407 e. The van der Waals surface area contributed by atoms with Gasteiger partial charge in [-0.05, 0) is 37.5 Å². The highest BCUT2D eigenvalue weighted by Gasteiger charge is 2.24. The number of nitrogens with zero attached hydrogens (tertiary/aromatic N) is 6. The van der Waals surface area contributed by atoms with Crippen LogP contribution in [0.15, 0.2) is 18.3 Å². The summed E-state index contributed by atoms with van der Waals surface area (Å²) in [5, 5.41) is 25.8. The minimum atomic E-state index is -0.872. The molecule has 1 atom stereocenters. The van der Waals surface area contributed by atoms with Gasteiger partial charge in [-0.2, -0.15) is 5.26 Å². The molecule has 0 aromatic carbocycles. The summed E-state index contributed by atoms with van der Waals surface area (Å²) in [6, 6.07) is 6.39. The van der Waals surface area contributed by atoms with Crippen LogP contribution in [-0.4, -0.2) is 87.7 Å². The van der Waals surface area contributed by atoms with Crippen LogP contribution < -0.4 is 10.6 Å². The summed E-state index contributed by atoms with van der Waals surface area (Å²) in [6.07, 6.45) is 3.29. The Balaban J connectivity index is 1.46. The van der Waals surface area contributed by atoms with Crippen LogP contribution in [0.1, 0.15) is 29.7 Å². The molecule has 3 N–H and O–H groups in total. The third-order valence-electron chi connectivity index (χ3n) is 6.20. The number of carbonyl (C=O) groups is 1. The number of piperazine rings is 1. The molecular weight excluding hydrogens is 452 g/mol. The van der Waals surface area contributed by atoms with Gasteiger partial charge in [0.1, 0.15) is 11.6 Å². The third-order valence-corrected chi connectivity index (χ3v) is 7.02. The van der Waals surface area contributed by atoms with Crippen molar-refractivity contribution in [2.24, 2.45) is 0 Å². The Morgan fingerprint density at radius 2 is 2.00 bits per heavy atom. The van der Waals surface area contributed by atoms with E-state index in [9.17, 15) is 9.90 Å². The Labute approximate surface area is 204 Å². The second kappa shape index (κ2) is 11.5. The van der Waals surface area contributed by atoms with E-state index in [0.717, 1.165) is 79.3 Å². The number of carboxylic acid groups (broad SMARTS) is 1. The van der Waals surface area contributed by atoms with Crippen LogP contribution >= 0.6 is 11.3 Å². The molecule has 0 spiro atoms. The Hall–Kier alpha value is -2.94. The highest BCUT2D eigenvalue weighted by Crippen LogP contribution is 2.25. The molecular formula is C23H32N8O2S. The van der Waals surface area contributed by atoms with Crippen molar-refractivity contribution < 1.29 is 9.90 Å². The van der Waals surface area contributed by atoms with Crippen LogP contribution in [0.25, 0.3) is 0 Å². The first-order valence-electron chi connectivity index (χ1n) is 11.7. The second-order valence-corrected chi connectivity index (χ2v) is 10.1. The van der Waals surface area contributed by atoms with Crippen molar-refractivity contribution in [2.45, 2.75) is 38.8 Å². The topological polar surface area (TPSA) is 121 Å². The van der Waals surface area contributed by atoms with E-state index in [2.05, 4.69) is 43.6 Å². The lowest BCUT2D eigenvalue weighted by atomic mass is 10.1. The summed E-state index contributed by atoms with van der Waals surface area (Å²) < 4.78 is 0. The summed E-state index contributed by atoms with van der Waals surface area (Å²) in [5.74, 6) is 1.48. The van der Waals surface area contributed by atoms with Crippen molar-refractivity contribution in [3.8, 4) is 6.07 Å². The number of amides is 1. The third kappa shape index (κ3) is 6.79. The van der Waals surface area contributed by atoms with Crippen LogP contribution in [0.4, 0.5) is 21.6 Å². The number of nitrogens with one attached hydrogen (secondary N) is 2. The zero-order valence-corrected chi connectivity index (χ0v) is 20.4. The standard InChI is InChI=1S/C23H32N8O2S/c1-17-14-25-22(34-17)28-21-13-18(15-30-10-8-29(9-11-30)6-3-5-24)12-20(27-21)26-19-4-2-7-31(16-19)23(32)33/h12-14,19H,2-4,6-11,15-16H2,1H3,(H,32,33)(H2,25,26,27,28). The first kappa shape index (κ1) is 24.2. The van der Waals surface area contributed by atoms with Crippen molar-refractivity contribution in [1.82, 2.24) is 24.7 Å². The molecule has 0 bridgehead atoms. The number of pyridine rings is 1. The van der Waals surface area contributed by atoms with Crippen molar-refractivity contribution in [2.75, 3.05) is 56.4 Å². The van der Waals surface area contributed by atoms with Gasteiger partial charge in [0.05, 0.1) is 6.07 Å². The molecule has 4 heterocycles. The first-order valence-corrected chi connectivity index (χ1v) is 12.6. The molecule has 2 aliphatic heterocycles. The number of likely N-dealkylation sites (tertiary alicyclic amines) is 1. The molecule has 1 amide bonds. The molecule has 0 radical (unpaired) electrons. The number of piperidine rings is 1. The van der Waals surface area contributed by atoms with Crippen LogP contribution in [0, 0.1) is 18.3 Å². The number of anilines is 3. The number of hydrogen-bond donors (Lipinski definition) is 3. The summed E-state index contributed by atoms with van der Waals surface area (Å²) >= 11 is 1.58. The monoisotopic (exact) mass is 484 g/mol. The van der Waals surface area contributed by atoms with E-state index in [0.29, 0.717) is 19.5 Å². The van der Waals surface area contributed by atoms with E-state index in [4.69, 9.17) is 10.2 Å². The van der Waals surface area contributed by atoms with Gasteiger partial charge in [0.2, 0.25) is 0 Å². The number of aryl methyl sites for hydroxylation is 1. The molecule has 34 heavy (non-hydrogen) atoms. The number of thiazole rings is 1. The van der Waals surface area contributed by atoms with Gasteiger partial charge in [-0.3, -0.25) is 9.80 Å². The maximum Gasteiger partial charge on any atom is 0.407 e. The molecule has 2 aliphatic rings. The summed E-state index contributed by atoms with van der Waals surface area (Å²) in [4.78, 5) is 27.9. The Kier molecular flexibility index (Phi) is 8.16. The van der Waals surface area contributed by atoms with Crippen LogP contribution in [-0.2, 0) is 6.54 Å². The Bertz CT molecular complexity index is 1010. The van der Waals surface area contributed by atoms with Gasteiger partial charge in [-0.25, -0.2) is 14.8 Å². The molecule has 2 aromatic rings. The molecule has 0 aliphatic carbocycles. The van der Waals surface area contributed by atoms with Crippen LogP contribution in [0.5, 0.6) is 0 Å². The number of hydrogen-bond acceptors (Lipinski definition) is 9. The molecule has 2 saturated heterocycles. The summed E-state index contributed by atoms with van der Waals surface area (Å²) in [5.41, 5.74) is 1.14. The first-order chi connectivity index (χ1) is 16.5. The lowest BCUT2D eigenvalue weighted by Crippen LogP contribution is -2.46. The average molecular weight is 485 g/mol. The quantitative estimate of drug-likeness (QED) is 0.519. The maximum atomic E-state index is 11.4. The molecule has 182 valence electrons. The maximum absolute atomic E-state index is 11.4. The van der Waals surface area contributed by atoms with Crippen molar-refractivity contribution in [3.63, 3.8) is 0 Å². The van der Waals surface area contributed by atoms with E-state index in [1.165, 1.54) is 4.90 Å². The van der Waals surface area contributed by atoms with E-state index < -0.39 is 6.09 Å². The van der Waals surface area contributed by atoms with E-state index in [-0.39, 0.29) is 6.04 Å². The van der Waals surface area contributed by atoms with E-state index >= 15 is 0 Å². The molecule has 1 unspecified atom stereocenters. The summed E-state index contributed by atoms with van der Waals surface area (Å²) in [7, 11) is 0. The zero-order chi connectivity index (χ0) is 23.9. The molecule has 2 aromatic heterocycles. The van der Waals surface area contributed by atoms with Crippen molar-refractivity contribution in [3.05, 3.63) is 28.8 Å². The van der Waals surface area contributed by atoms with Gasteiger partial charge in [-0.15, -0.1) is 11.3 Å². The fourth-order valence-electron chi connectivity index (χ4n) is 4.45. The zero-order valence-electron chi connectivity index (χ0n) is 19.5. The van der Waals surface area contributed by atoms with Crippen molar-refractivity contribution >= 4 is 34.2 Å². The lowest BCUT2D eigenvalue weighted by molar-refractivity contribution is 0.129. The number of aromatic nitrogens is 2. The Morgan fingerprint density at radius 3 is 2.71 bits per heavy atom. The van der Waals surface area contributed by atoms with E-state index in [1.807, 2.05) is 13.1 Å².